The quantitative estimate of drug-likeness (QED) is 0.860. The van der Waals surface area contributed by atoms with Crippen LogP contribution < -0.4 is 0 Å². The number of carboxylic acids is 1. The molecule has 1 aromatic rings. The Morgan fingerprint density at radius 3 is 2.20 bits per heavy atom. The van der Waals surface area contributed by atoms with Crippen LogP contribution in [0.4, 0.5) is 0 Å². The van der Waals surface area contributed by atoms with E-state index in [1.54, 1.807) is 19.9 Å². The van der Waals surface area contributed by atoms with Crippen LogP contribution >= 0.6 is 15.9 Å². The molecule has 0 radical (unpaired) electrons. The molecule has 1 rings (SSSR count). The number of carbonyl (C=O) groups excluding carboxylic acids is 1. The summed E-state index contributed by atoms with van der Waals surface area (Å²) in [6.07, 6.45) is 0. The van der Waals surface area contributed by atoms with Crippen molar-refractivity contribution in [3.8, 4) is 0 Å². The third-order valence-corrected chi connectivity index (χ3v) is 2.41. The highest BCUT2D eigenvalue weighted by Gasteiger charge is 2.14. The smallest absolute Gasteiger partial charge is 0.335 e. The van der Waals surface area contributed by atoms with Gasteiger partial charge in [-0.25, -0.2) is 4.79 Å². The van der Waals surface area contributed by atoms with Crippen molar-refractivity contribution in [2.24, 2.45) is 5.92 Å². The Kier molecular flexibility index (Phi) is 3.63. The molecule has 0 atom stereocenters. The standard InChI is InChI=1S/C11H11BrO3/c1-6(2)10(13)7-3-8(11(14)15)5-9(12)4-7/h3-6H,1-2H3,(H,14,15). The molecule has 0 aromatic heterocycles. The number of aromatic carboxylic acids is 1. The number of carbonyl (C=O) groups is 2. The zero-order valence-corrected chi connectivity index (χ0v) is 10.0. The largest absolute Gasteiger partial charge is 0.478 e. The Balaban J connectivity index is 3.20. The Hall–Kier alpha value is -1.16. The summed E-state index contributed by atoms with van der Waals surface area (Å²) in [6.45, 7) is 3.56. The Morgan fingerprint density at radius 1 is 1.20 bits per heavy atom. The average molecular weight is 271 g/mol. The van der Waals surface area contributed by atoms with Crippen LogP contribution in [0.15, 0.2) is 22.7 Å². The molecule has 0 amide bonds. The SMILES string of the molecule is CC(C)C(=O)c1cc(Br)cc(C(=O)O)c1. The van der Waals surface area contributed by atoms with Crippen molar-refractivity contribution in [3.63, 3.8) is 0 Å². The maximum atomic E-state index is 11.7. The van der Waals surface area contributed by atoms with Gasteiger partial charge in [-0.2, -0.15) is 0 Å². The number of rotatable bonds is 3. The lowest BCUT2D eigenvalue weighted by Crippen LogP contribution is -2.09. The van der Waals surface area contributed by atoms with Crippen LogP contribution in [0.2, 0.25) is 0 Å². The predicted molar refractivity (Wildman–Crippen MR) is 60.3 cm³/mol. The van der Waals surface area contributed by atoms with Crippen LogP contribution in [0.3, 0.4) is 0 Å². The highest BCUT2D eigenvalue weighted by molar-refractivity contribution is 9.10. The van der Waals surface area contributed by atoms with Gasteiger partial charge in [0.25, 0.3) is 0 Å². The fourth-order valence-electron chi connectivity index (χ4n) is 1.19. The molecule has 0 heterocycles. The summed E-state index contributed by atoms with van der Waals surface area (Å²) in [6, 6.07) is 4.50. The lowest BCUT2D eigenvalue weighted by molar-refractivity contribution is 0.0697. The maximum Gasteiger partial charge on any atom is 0.335 e. The second-order valence-electron chi connectivity index (χ2n) is 3.55. The summed E-state index contributed by atoms with van der Waals surface area (Å²) in [4.78, 5) is 22.4. The molecule has 15 heavy (non-hydrogen) atoms. The fraction of sp³-hybridized carbons (Fsp3) is 0.273. The van der Waals surface area contributed by atoms with Gasteiger partial charge in [0.1, 0.15) is 0 Å². The number of halogens is 1. The van der Waals surface area contributed by atoms with Gasteiger partial charge in [-0.05, 0) is 18.2 Å². The van der Waals surface area contributed by atoms with E-state index in [1.807, 2.05) is 0 Å². The van der Waals surface area contributed by atoms with Gasteiger partial charge in [0.15, 0.2) is 5.78 Å². The Labute approximate surface area is 96.2 Å². The van der Waals surface area contributed by atoms with Gasteiger partial charge in [-0.1, -0.05) is 29.8 Å². The van der Waals surface area contributed by atoms with Crippen LogP contribution in [-0.4, -0.2) is 16.9 Å². The molecular formula is C11H11BrO3. The monoisotopic (exact) mass is 270 g/mol. The third kappa shape index (κ3) is 2.89. The zero-order valence-electron chi connectivity index (χ0n) is 8.45. The fourth-order valence-corrected chi connectivity index (χ4v) is 1.68. The molecular weight excluding hydrogens is 260 g/mol. The minimum absolute atomic E-state index is 0.0567. The van der Waals surface area contributed by atoms with E-state index in [0.717, 1.165) is 0 Å². The van der Waals surface area contributed by atoms with Crippen molar-refractivity contribution in [2.75, 3.05) is 0 Å². The van der Waals surface area contributed by atoms with Crippen molar-refractivity contribution in [2.45, 2.75) is 13.8 Å². The number of hydrogen-bond donors (Lipinski definition) is 1. The summed E-state index contributed by atoms with van der Waals surface area (Å²) < 4.78 is 0.603. The molecule has 0 aliphatic carbocycles. The van der Waals surface area contributed by atoms with E-state index in [9.17, 15) is 9.59 Å². The molecule has 4 heteroatoms. The van der Waals surface area contributed by atoms with Gasteiger partial charge in [-0.3, -0.25) is 4.79 Å². The number of carboxylic acid groups (broad SMARTS) is 1. The lowest BCUT2D eigenvalue weighted by atomic mass is 9.99. The van der Waals surface area contributed by atoms with E-state index >= 15 is 0 Å². The predicted octanol–water partition coefficient (Wildman–Crippen LogP) is 2.99. The molecule has 0 aliphatic rings. The van der Waals surface area contributed by atoms with E-state index in [-0.39, 0.29) is 17.3 Å². The molecule has 0 bridgehead atoms. The first-order valence-corrected chi connectivity index (χ1v) is 5.29. The second kappa shape index (κ2) is 4.57. The van der Waals surface area contributed by atoms with Crippen molar-refractivity contribution >= 4 is 27.7 Å². The average Bonchev–Trinajstić information content (AvgIpc) is 2.15. The summed E-state index contributed by atoms with van der Waals surface area (Å²) in [5, 5.41) is 8.82. The molecule has 0 saturated heterocycles. The molecule has 0 unspecified atom stereocenters. The first-order chi connectivity index (χ1) is 6.91. The Bertz CT molecular complexity index is 410. The van der Waals surface area contributed by atoms with Crippen LogP contribution in [-0.2, 0) is 0 Å². The summed E-state index contributed by atoms with van der Waals surface area (Å²) in [5.41, 5.74) is 0.546. The van der Waals surface area contributed by atoms with Gasteiger partial charge in [0.2, 0.25) is 0 Å². The van der Waals surface area contributed by atoms with Crippen LogP contribution in [0.1, 0.15) is 34.6 Å². The third-order valence-electron chi connectivity index (χ3n) is 1.95. The van der Waals surface area contributed by atoms with Gasteiger partial charge < -0.3 is 5.11 Å². The molecule has 80 valence electrons. The first kappa shape index (κ1) is 11.9. The molecule has 0 spiro atoms. The molecule has 0 saturated carbocycles. The summed E-state index contributed by atoms with van der Waals surface area (Å²) in [7, 11) is 0. The van der Waals surface area contributed by atoms with E-state index in [0.29, 0.717) is 10.0 Å². The number of hydrogen-bond acceptors (Lipinski definition) is 2. The highest BCUT2D eigenvalue weighted by Crippen LogP contribution is 2.18. The van der Waals surface area contributed by atoms with E-state index in [1.165, 1.54) is 12.1 Å². The van der Waals surface area contributed by atoms with Gasteiger partial charge in [0.05, 0.1) is 5.56 Å². The lowest BCUT2D eigenvalue weighted by Gasteiger charge is -2.05. The molecule has 1 N–H and O–H groups in total. The normalized spacial score (nSPS) is 10.4. The Morgan fingerprint density at radius 2 is 1.73 bits per heavy atom. The van der Waals surface area contributed by atoms with Crippen molar-refractivity contribution < 1.29 is 14.7 Å². The molecule has 0 fully saturated rings. The minimum Gasteiger partial charge on any atom is -0.478 e. The number of ketones is 1. The molecule has 0 aliphatic heterocycles. The highest BCUT2D eigenvalue weighted by atomic mass is 79.9. The van der Waals surface area contributed by atoms with Crippen LogP contribution in [0, 0.1) is 5.92 Å². The number of benzene rings is 1. The first-order valence-electron chi connectivity index (χ1n) is 4.50. The maximum absolute atomic E-state index is 11.7. The summed E-state index contributed by atoms with van der Waals surface area (Å²) in [5.74, 6) is -1.23. The van der Waals surface area contributed by atoms with Gasteiger partial charge in [0, 0.05) is 16.0 Å². The second-order valence-corrected chi connectivity index (χ2v) is 4.47. The van der Waals surface area contributed by atoms with Crippen molar-refractivity contribution in [3.05, 3.63) is 33.8 Å². The minimum atomic E-state index is -1.03. The van der Waals surface area contributed by atoms with Crippen molar-refractivity contribution in [1.82, 2.24) is 0 Å². The topological polar surface area (TPSA) is 54.4 Å². The summed E-state index contributed by atoms with van der Waals surface area (Å²) >= 11 is 3.18. The zero-order chi connectivity index (χ0) is 11.6. The van der Waals surface area contributed by atoms with Crippen LogP contribution in [0.25, 0.3) is 0 Å². The van der Waals surface area contributed by atoms with Gasteiger partial charge >= 0.3 is 5.97 Å². The number of Topliss-reactive ketones (excluding diaryl/α,β-unsaturated/α-hetero) is 1. The molecule has 3 nitrogen and oxygen atoms in total. The van der Waals surface area contributed by atoms with E-state index < -0.39 is 5.97 Å². The van der Waals surface area contributed by atoms with Crippen molar-refractivity contribution in [1.29, 1.82) is 0 Å². The molecule has 1 aromatic carbocycles. The van der Waals surface area contributed by atoms with Crippen LogP contribution in [0.5, 0.6) is 0 Å². The van der Waals surface area contributed by atoms with E-state index in [4.69, 9.17) is 5.11 Å². The van der Waals surface area contributed by atoms with E-state index in [2.05, 4.69) is 15.9 Å². The van der Waals surface area contributed by atoms with Gasteiger partial charge in [-0.15, -0.1) is 0 Å².